The first kappa shape index (κ1) is 14.1. The van der Waals surface area contributed by atoms with Crippen LogP contribution < -0.4 is 5.32 Å². The molecule has 4 aromatic rings. The first-order valence-corrected chi connectivity index (χ1v) is 8.25. The van der Waals surface area contributed by atoms with Crippen molar-refractivity contribution in [3.05, 3.63) is 64.8 Å². The minimum Gasteiger partial charge on any atom is -0.341 e. The molecule has 5 heteroatoms. The molecule has 0 saturated heterocycles. The highest BCUT2D eigenvalue weighted by molar-refractivity contribution is 7.20. The maximum Gasteiger partial charge on any atom is 0.160 e. The van der Waals surface area contributed by atoms with Gasteiger partial charge in [0, 0.05) is 11.2 Å². The van der Waals surface area contributed by atoms with Gasteiger partial charge in [0.15, 0.2) is 6.29 Å². The lowest BCUT2D eigenvalue weighted by Gasteiger charge is -2.03. The van der Waals surface area contributed by atoms with Crippen molar-refractivity contribution in [2.75, 3.05) is 0 Å². The molecular formula is C18H15N3OS. The maximum absolute atomic E-state index is 10.9. The molecule has 0 saturated carbocycles. The number of hydrogen-bond acceptors (Lipinski definition) is 4. The Labute approximate surface area is 137 Å². The molecule has 0 atom stereocenters. The van der Waals surface area contributed by atoms with Crippen molar-refractivity contribution < 1.29 is 4.79 Å². The molecular weight excluding hydrogens is 306 g/mol. The molecule has 2 aromatic heterocycles. The van der Waals surface area contributed by atoms with E-state index in [4.69, 9.17) is 0 Å². The van der Waals surface area contributed by atoms with Crippen LogP contribution in [0.15, 0.2) is 48.5 Å². The van der Waals surface area contributed by atoms with Crippen molar-refractivity contribution in [1.82, 2.24) is 15.3 Å². The molecule has 4 nitrogen and oxygen atoms in total. The monoisotopic (exact) mass is 321 g/mol. The molecule has 0 aliphatic heterocycles. The highest BCUT2D eigenvalue weighted by Gasteiger charge is 2.04. The van der Waals surface area contributed by atoms with Gasteiger partial charge in [-0.1, -0.05) is 18.2 Å². The number of carbonyl (C=O) groups excluding carboxylic acids is 1. The summed E-state index contributed by atoms with van der Waals surface area (Å²) in [6, 6.07) is 16.3. The molecule has 4 rings (SSSR count). The number of para-hydroxylation sites is 2. The van der Waals surface area contributed by atoms with Crippen LogP contribution in [-0.4, -0.2) is 16.3 Å². The molecule has 0 spiro atoms. The molecule has 0 unspecified atom stereocenters. The molecule has 0 aliphatic carbocycles. The van der Waals surface area contributed by atoms with Crippen molar-refractivity contribution in [3.63, 3.8) is 0 Å². The third kappa shape index (κ3) is 2.88. The summed E-state index contributed by atoms with van der Waals surface area (Å²) in [5.41, 5.74) is 3.25. The number of thiophene rings is 1. The number of imidazole rings is 1. The zero-order valence-corrected chi connectivity index (χ0v) is 13.2. The SMILES string of the molecule is O=Cc1cc2cc(CNCc3nc4ccccc4[nH]3)ccc2s1. The number of carbonyl (C=O) groups is 1. The van der Waals surface area contributed by atoms with Crippen LogP contribution in [0.1, 0.15) is 21.1 Å². The smallest absolute Gasteiger partial charge is 0.160 e. The Morgan fingerprint density at radius 3 is 2.91 bits per heavy atom. The molecule has 0 radical (unpaired) electrons. The van der Waals surface area contributed by atoms with Crippen LogP contribution >= 0.6 is 11.3 Å². The van der Waals surface area contributed by atoms with E-state index in [1.807, 2.05) is 30.3 Å². The van der Waals surface area contributed by atoms with E-state index in [1.165, 1.54) is 16.9 Å². The molecule has 23 heavy (non-hydrogen) atoms. The largest absolute Gasteiger partial charge is 0.341 e. The fraction of sp³-hybridized carbons (Fsp3) is 0.111. The zero-order chi connectivity index (χ0) is 15.6. The summed E-state index contributed by atoms with van der Waals surface area (Å²) in [7, 11) is 0. The highest BCUT2D eigenvalue weighted by atomic mass is 32.1. The van der Waals surface area contributed by atoms with Crippen LogP contribution in [0.2, 0.25) is 0 Å². The number of rotatable bonds is 5. The lowest BCUT2D eigenvalue weighted by atomic mass is 10.1. The molecule has 0 amide bonds. The van der Waals surface area contributed by atoms with Gasteiger partial charge in [-0.25, -0.2) is 4.98 Å². The fourth-order valence-corrected chi connectivity index (χ4v) is 3.56. The van der Waals surface area contributed by atoms with Crippen LogP contribution in [0.3, 0.4) is 0 Å². The van der Waals surface area contributed by atoms with Crippen molar-refractivity contribution in [3.8, 4) is 0 Å². The predicted octanol–water partition coefficient (Wildman–Crippen LogP) is 3.88. The van der Waals surface area contributed by atoms with Gasteiger partial charge in [0.2, 0.25) is 0 Å². The Bertz CT molecular complexity index is 953. The third-order valence-corrected chi connectivity index (χ3v) is 4.82. The lowest BCUT2D eigenvalue weighted by molar-refractivity contribution is 0.112. The quantitative estimate of drug-likeness (QED) is 0.548. The summed E-state index contributed by atoms with van der Waals surface area (Å²) in [4.78, 5) is 19.5. The van der Waals surface area contributed by atoms with Crippen LogP contribution in [0.5, 0.6) is 0 Å². The molecule has 0 bridgehead atoms. The summed E-state index contributed by atoms with van der Waals surface area (Å²) in [5, 5.41) is 4.53. The first-order chi connectivity index (χ1) is 11.3. The third-order valence-electron chi connectivity index (χ3n) is 3.78. The Morgan fingerprint density at radius 2 is 2.04 bits per heavy atom. The average molecular weight is 321 g/mol. The second-order valence-electron chi connectivity index (χ2n) is 5.44. The molecule has 114 valence electrons. The second kappa shape index (κ2) is 5.95. The van der Waals surface area contributed by atoms with Gasteiger partial charge in [-0.2, -0.15) is 0 Å². The molecule has 2 N–H and O–H groups in total. The van der Waals surface area contributed by atoms with E-state index < -0.39 is 0 Å². The Morgan fingerprint density at radius 1 is 1.13 bits per heavy atom. The van der Waals surface area contributed by atoms with Crippen molar-refractivity contribution >= 4 is 38.7 Å². The normalized spacial score (nSPS) is 11.3. The Hall–Kier alpha value is -2.50. The van der Waals surface area contributed by atoms with E-state index in [0.717, 1.165) is 44.7 Å². The number of fused-ring (bicyclic) bond motifs is 2. The standard InChI is InChI=1S/C18H15N3OS/c22-11-14-8-13-7-12(5-6-17(13)23-14)9-19-10-18-20-15-3-1-2-4-16(15)21-18/h1-8,11,19H,9-10H2,(H,20,21). The summed E-state index contributed by atoms with van der Waals surface area (Å²) in [5.74, 6) is 0.936. The first-order valence-electron chi connectivity index (χ1n) is 7.44. The molecule has 0 fully saturated rings. The van der Waals surface area contributed by atoms with Gasteiger partial charge in [-0.15, -0.1) is 11.3 Å². The van der Waals surface area contributed by atoms with E-state index in [-0.39, 0.29) is 0 Å². The highest BCUT2D eigenvalue weighted by Crippen LogP contribution is 2.25. The van der Waals surface area contributed by atoms with Gasteiger partial charge in [0.1, 0.15) is 5.82 Å². The second-order valence-corrected chi connectivity index (χ2v) is 6.56. The lowest BCUT2D eigenvalue weighted by Crippen LogP contribution is -2.13. The summed E-state index contributed by atoms with van der Waals surface area (Å²) >= 11 is 1.53. The summed E-state index contributed by atoms with van der Waals surface area (Å²) in [6.45, 7) is 1.45. The van der Waals surface area contributed by atoms with E-state index >= 15 is 0 Å². The van der Waals surface area contributed by atoms with Gasteiger partial charge in [0.05, 0.1) is 22.5 Å². The van der Waals surface area contributed by atoms with Gasteiger partial charge < -0.3 is 10.3 Å². The molecule has 2 heterocycles. The molecule has 2 aromatic carbocycles. The van der Waals surface area contributed by atoms with Crippen molar-refractivity contribution in [2.24, 2.45) is 0 Å². The number of hydrogen-bond donors (Lipinski definition) is 2. The van der Waals surface area contributed by atoms with Crippen molar-refractivity contribution in [1.29, 1.82) is 0 Å². The van der Waals surface area contributed by atoms with Crippen LogP contribution in [0, 0.1) is 0 Å². The van der Waals surface area contributed by atoms with Crippen LogP contribution in [-0.2, 0) is 13.1 Å². The van der Waals surface area contributed by atoms with E-state index in [9.17, 15) is 4.79 Å². The average Bonchev–Trinajstić information content (AvgIpc) is 3.17. The minimum atomic E-state index is 0.690. The van der Waals surface area contributed by atoms with E-state index in [0.29, 0.717) is 6.54 Å². The summed E-state index contributed by atoms with van der Waals surface area (Å²) < 4.78 is 1.15. The number of H-pyrrole nitrogens is 1. The minimum absolute atomic E-state index is 0.690. The predicted molar refractivity (Wildman–Crippen MR) is 93.8 cm³/mol. The van der Waals surface area contributed by atoms with E-state index in [1.54, 1.807) is 0 Å². The zero-order valence-electron chi connectivity index (χ0n) is 12.4. The van der Waals surface area contributed by atoms with Crippen LogP contribution in [0.4, 0.5) is 0 Å². The van der Waals surface area contributed by atoms with Crippen molar-refractivity contribution in [2.45, 2.75) is 13.1 Å². The van der Waals surface area contributed by atoms with Gasteiger partial charge in [-0.05, 0) is 41.3 Å². The number of aldehydes is 1. The summed E-state index contributed by atoms with van der Waals surface area (Å²) in [6.07, 6.45) is 0.907. The Kier molecular flexibility index (Phi) is 3.65. The maximum atomic E-state index is 10.9. The van der Waals surface area contributed by atoms with Gasteiger partial charge >= 0.3 is 0 Å². The van der Waals surface area contributed by atoms with Gasteiger partial charge in [-0.3, -0.25) is 4.79 Å². The fourth-order valence-electron chi connectivity index (χ4n) is 2.70. The number of aromatic amines is 1. The molecule has 0 aliphatic rings. The Balaban J connectivity index is 1.45. The van der Waals surface area contributed by atoms with E-state index in [2.05, 4.69) is 33.5 Å². The number of aromatic nitrogens is 2. The number of benzene rings is 2. The van der Waals surface area contributed by atoms with Gasteiger partial charge in [0.25, 0.3) is 0 Å². The topological polar surface area (TPSA) is 57.8 Å². The number of nitrogens with one attached hydrogen (secondary N) is 2. The van der Waals surface area contributed by atoms with Crippen LogP contribution in [0.25, 0.3) is 21.1 Å². The number of nitrogens with zero attached hydrogens (tertiary/aromatic N) is 1.